The van der Waals surface area contributed by atoms with Crippen LogP contribution in [0, 0.1) is 13.8 Å². The van der Waals surface area contributed by atoms with E-state index >= 15 is 0 Å². The normalized spacial score (nSPS) is 11.8. The SMILES string of the molecule is Cc1nc(C)c(CNS(=O)(=O)Cc2ccc(Cl)cc2)o1. The first kappa shape index (κ1) is 15.0. The summed E-state index contributed by atoms with van der Waals surface area (Å²) in [6, 6.07) is 6.70. The molecule has 0 aliphatic heterocycles. The van der Waals surface area contributed by atoms with E-state index in [4.69, 9.17) is 16.0 Å². The lowest BCUT2D eigenvalue weighted by Gasteiger charge is -2.06. The second kappa shape index (κ2) is 5.95. The molecule has 2 aromatic rings. The van der Waals surface area contributed by atoms with Gasteiger partial charge in [-0.25, -0.2) is 18.1 Å². The van der Waals surface area contributed by atoms with Crippen molar-refractivity contribution in [2.24, 2.45) is 0 Å². The standard InChI is InChI=1S/C13H15ClN2O3S/c1-9-13(19-10(2)16-9)7-15-20(17,18)8-11-3-5-12(14)6-4-11/h3-6,15H,7-8H2,1-2H3. The highest BCUT2D eigenvalue weighted by Gasteiger charge is 2.14. The van der Waals surface area contributed by atoms with Gasteiger partial charge in [-0.3, -0.25) is 0 Å². The van der Waals surface area contributed by atoms with Crippen molar-refractivity contribution in [3.05, 3.63) is 52.2 Å². The molecule has 5 nitrogen and oxygen atoms in total. The van der Waals surface area contributed by atoms with E-state index in [2.05, 4.69) is 9.71 Å². The number of aryl methyl sites for hydroxylation is 2. The number of oxazole rings is 1. The van der Waals surface area contributed by atoms with Gasteiger partial charge in [-0.05, 0) is 24.6 Å². The van der Waals surface area contributed by atoms with Crippen LogP contribution in [-0.2, 0) is 22.3 Å². The van der Waals surface area contributed by atoms with Gasteiger partial charge in [0.1, 0.15) is 5.76 Å². The topological polar surface area (TPSA) is 72.2 Å². The van der Waals surface area contributed by atoms with Crippen LogP contribution in [0.25, 0.3) is 0 Å². The number of hydrogen-bond donors (Lipinski definition) is 1. The van der Waals surface area contributed by atoms with E-state index < -0.39 is 10.0 Å². The van der Waals surface area contributed by atoms with Gasteiger partial charge in [0, 0.05) is 11.9 Å². The largest absolute Gasteiger partial charge is 0.444 e. The minimum atomic E-state index is -3.43. The maximum absolute atomic E-state index is 12.0. The number of nitrogens with one attached hydrogen (secondary N) is 1. The molecule has 0 radical (unpaired) electrons. The number of hydrogen-bond acceptors (Lipinski definition) is 4. The number of benzene rings is 1. The first-order valence-corrected chi connectivity index (χ1v) is 8.03. The number of aromatic nitrogens is 1. The summed E-state index contributed by atoms with van der Waals surface area (Å²) in [7, 11) is -3.43. The van der Waals surface area contributed by atoms with Crippen LogP contribution in [0.2, 0.25) is 5.02 Å². The molecule has 108 valence electrons. The molecule has 2 rings (SSSR count). The number of halogens is 1. The zero-order valence-corrected chi connectivity index (χ0v) is 12.8. The fourth-order valence-electron chi connectivity index (χ4n) is 1.76. The molecular weight excluding hydrogens is 300 g/mol. The second-order valence-corrected chi connectivity index (χ2v) is 6.69. The lowest BCUT2D eigenvalue weighted by atomic mass is 10.2. The summed E-state index contributed by atoms with van der Waals surface area (Å²) in [5.41, 5.74) is 1.36. The first-order valence-electron chi connectivity index (χ1n) is 6.00. The number of sulfonamides is 1. The third-order valence-electron chi connectivity index (χ3n) is 2.72. The Kier molecular flexibility index (Phi) is 4.47. The monoisotopic (exact) mass is 314 g/mol. The predicted molar refractivity (Wildman–Crippen MR) is 76.9 cm³/mol. The van der Waals surface area contributed by atoms with Gasteiger partial charge in [0.05, 0.1) is 18.0 Å². The molecule has 7 heteroatoms. The zero-order chi connectivity index (χ0) is 14.8. The van der Waals surface area contributed by atoms with Gasteiger partial charge in [-0.2, -0.15) is 0 Å². The zero-order valence-electron chi connectivity index (χ0n) is 11.2. The Hall–Kier alpha value is -1.37. The summed E-state index contributed by atoms with van der Waals surface area (Å²) < 4.78 is 31.8. The second-order valence-electron chi connectivity index (χ2n) is 4.45. The lowest BCUT2D eigenvalue weighted by Crippen LogP contribution is -2.24. The van der Waals surface area contributed by atoms with Gasteiger partial charge in [0.15, 0.2) is 5.89 Å². The van der Waals surface area contributed by atoms with Crippen LogP contribution in [-0.4, -0.2) is 13.4 Å². The van der Waals surface area contributed by atoms with Crippen molar-refractivity contribution >= 4 is 21.6 Å². The molecule has 20 heavy (non-hydrogen) atoms. The van der Waals surface area contributed by atoms with Crippen molar-refractivity contribution in [2.45, 2.75) is 26.1 Å². The van der Waals surface area contributed by atoms with Crippen LogP contribution in [0.4, 0.5) is 0 Å². The summed E-state index contributed by atoms with van der Waals surface area (Å²) in [6.07, 6.45) is 0. The van der Waals surface area contributed by atoms with Crippen molar-refractivity contribution in [1.82, 2.24) is 9.71 Å². The summed E-state index contributed by atoms with van der Waals surface area (Å²) >= 11 is 5.76. The molecule has 0 aliphatic carbocycles. The Morgan fingerprint density at radius 1 is 1.25 bits per heavy atom. The van der Waals surface area contributed by atoms with Gasteiger partial charge in [0.25, 0.3) is 0 Å². The molecule has 1 aromatic carbocycles. The molecule has 0 amide bonds. The molecule has 1 heterocycles. The molecule has 1 aromatic heterocycles. The van der Waals surface area contributed by atoms with E-state index in [1.54, 1.807) is 38.1 Å². The fourth-order valence-corrected chi connectivity index (χ4v) is 2.97. The smallest absolute Gasteiger partial charge is 0.216 e. The molecule has 0 unspecified atom stereocenters. The molecule has 0 atom stereocenters. The maximum Gasteiger partial charge on any atom is 0.216 e. The van der Waals surface area contributed by atoms with Crippen LogP contribution in [0.5, 0.6) is 0 Å². The van der Waals surface area contributed by atoms with E-state index in [-0.39, 0.29) is 12.3 Å². The maximum atomic E-state index is 12.0. The average Bonchev–Trinajstić information content (AvgIpc) is 2.68. The summed E-state index contributed by atoms with van der Waals surface area (Å²) in [6.45, 7) is 3.60. The van der Waals surface area contributed by atoms with Crippen LogP contribution in [0.1, 0.15) is 22.9 Å². The minimum Gasteiger partial charge on any atom is -0.444 e. The lowest BCUT2D eigenvalue weighted by molar-refractivity contribution is 0.466. The molecule has 0 spiro atoms. The Balaban J connectivity index is 2.01. The summed E-state index contributed by atoms with van der Waals surface area (Å²) in [5.74, 6) is 0.952. The van der Waals surface area contributed by atoms with E-state index in [0.717, 1.165) is 0 Å². The Morgan fingerprint density at radius 2 is 1.90 bits per heavy atom. The minimum absolute atomic E-state index is 0.0998. The Morgan fingerprint density at radius 3 is 2.45 bits per heavy atom. The van der Waals surface area contributed by atoms with Gasteiger partial charge >= 0.3 is 0 Å². The van der Waals surface area contributed by atoms with Gasteiger partial charge < -0.3 is 4.42 Å². The van der Waals surface area contributed by atoms with Crippen molar-refractivity contribution in [3.63, 3.8) is 0 Å². The van der Waals surface area contributed by atoms with E-state index in [9.17, 15) is 8.42 Å². The van der Waals surface area contributed by atoms with Crippen LogP contribution in [0.3, 0.4) is 0 Å². The Bertz CT molecular complexity index is 693. The van der Waals surface area contributed by atoms with E-state index in [0.29, 0.717) is 27.9 Å². The molecule has 0 aliphatic rings. The summed E-state index contributed by atoms with van der Waals surface area (Å²) in [5, 5.41) is 0.576. The highest BCUT2D eigenvalue weighted by Crippen LogP contribution is 2.13. The van der Waals surface area contributed by atoms with Crippen LogP contribution < -0.4 is 4.72 Å². The molecule has 1 N–H and O–H groups in total. The van der Waals surface area contributed by atoms with Gasteiger partial charge in [-0.1, -0.05) is 23.7 Å². The van der Waals surface area contributed by atoms with Crippen LogP contribution >= 0.6 is 11.6 Å². The Labute approximate surface area is 123 Å². The van der Waals surface area contributed by atoms with Gasteiger partial charge in [0.2, 0.25) is 10.0 Å². The molecular formula is C13H15ClN2O3S. The van der Waals surface area contributed by atoms with Crippen LogP contribution in [0.15, 0.2) is 28.7 Å². The van der Waals surface area contributed by atoms with E-state index in [1.807, 2.05) is 0 Å². The van der Waals surface area contributed by atoms with Gasteiger partial charge in [-0.15, -0.1) is 0 Å². The fraction of sp³-hybridized carbons (Fsp3) is 0.308. The molecule has 0 saturated heterocycles. The quantitative estimate of drug-likeness (QED) is 0.920. The third kappa shape index (κ3) is 4.06. The van der Waals surface area contributed by atoms with Crippen molar-refractivity contribution in [3.8, 4) is 0 Å². The highest BCUT2D eigenvalue weighted by molar-refractivity contribution is 7.88. The number of rotatable bonds is 5. The summed E-state index contributed by atoms with van der Waals surface area (Å²) in [4.78, 5) is 4.09. The van der Waals surface area contributed by atoms with Crippen molar-refractivity contribution < 1.29 is 12.8 Å². The highest BCUT2D eigenvalue weighted by atomic mass is 35.5. The number of nitrogens with zero attached hydrogens (tertiary/aromatic N) is 1. The van der Waals surface area contributed by atoms with Crippen molar-refractivity contribution in [1.29, 1.82) is 0 Å². The first-order chi connectivity index (χ1) is 9.35. The third-order valence-corrected chi connectivity index (χ3v) is 4.27. The predicted octanol–water partition coefficient (Wildman–Crippen LogP) is 2.56. The average molecular weight is 315 g/mol. The molecule has 0 saturated carbocycles. The van der Waals surface area contributed by atoms with Crippen molar-refractivity contribution in [2.75, 3.05) is 0 Å². The van der Waals surface area contributed by atoms with E-state index in [1.165, 1.54) is 0 Å². The molecule has 0 bridgehead atoms. The molecule has 0 fully saturated rings.